The summed E-state index contributed by atoms with van der Waals surface area (Å²) in [5, 5.41) is 0. The molecule has 94 valence electrons. The van der Waals surface area contributed by atoms with Crippen LogP contribution in [0, 0.1) is 0 Å². The van der Waals surface area contributed by atoms with Gasteiger partial charge in [0.25, 0.3) is 0 Å². The Balaban J connectivity index is 2.66. The predicted octanol–water partition coefficient (Wildman–Crippen LogP) is 1.68. The molecule has 0 saturated carbocycles. The van der Waals surface area contributed by atoms with Crippen LogP contribution in [-0.4, -0.2) is 54.6 Å². The fourth-order valence-corrected chi connectivity index (χ4v) is 2.31. The van der Waals surface area contributed by atoms with E-state index >= 15 is 0 Å². The number of halogens is 1. The Hall–Kier alpha value is -0.640. The molecule has 16 heavy (non-hydrogen) atoms. The van der Waals surface area contributed by atoms with Gasteiger partial charge in [-0.3, -0.25) is 4.79 Å². The van der Waals surface area contributed by atoms with Crippen molar-refractivity contribution in [2.45, 2.75) is 45.3 Å². The number of carbonyl (C=O) groups excluding carboxylic acids is 1. The smallest absolute Gasteiger partial charge is 0.222 e. The van der Waals surface area contributed by atoms with Gasteiger partial charge in [0, 0.05) is 26.1 Å². The van der Waals surface area contributed by atoms with Crippen LogP contribution in [0.25, 0.3) is 0 Å². The van der Waals surface area contributed by atoms with Gasteiger partial charge >= 0.3 is 0 Å². The van der Waals surface area contributed by atoms with Crippen molar-refractivity contribution in [2.24, 2.45) is 0 Å². The molecule has 0 aromatic carbocycles. The molecule has 1 aliphatic heterocycles. The summed E-state index contributed by atoms with van der Waals surface area (Å²) >= 11 is 0. The van der Waals surface area contributed by atoms with E-state index in [0.29, 0.717) is 25.9 Å². The molecule has 3 nitrogen and oxygen atoms in total. The van der Waals surface area contributed by atoms with E-state index in [1.807, 2.05) is 20.9 Å². The van der Waals surface area contributed by atoms with Crippen LogP contribution < -0.4 is 0 Å². The molecule has 2 unspecified atom stereocenters. The molecule has 1 rings (SSSR count). The highest BCUT2D eigenvalue weighted by Crippen LogP contribution is 2.19. The van der Waals surface area contributed by atoms with Crippen LogP contribution in [0.15, 0.2) is 0 Å². The molecule has 0 aromatic heterocycles. The molecule has 0 aliphatic carbocycles. The molecular formula is C12H23FN2O. The zero-order valence-corrected chi connectivity index (χ0v) is 10.6. The second-order valence-electron chi connectivity index (χ2n) is 4.56. The summed E-state index contributed by atoms with van der Waals surface area (Å²) < 4.78 is 13.8. The second-order valence-corrected chi connectivity index (χ2v) is 4.56. The maximum Gasteiger partial charge on any atom is 0.222 e. The lowest BCUT2D eigenvalue weighted by molar-refractivity contribution is -0.136. The van der Waals surface area contributed by atoms with Crippen LogP contribution in [0.5, 0.6) is 0 Å². The monoisotopic (exact) mass is 230 g/mol. The largest absolute Gasteiger partial charge is 0.336 e. The molecule has 1 heterocycles. The fraction of sp³-hybridized carbons (Fsp3) is 0.917. The minimum Gasteiger partial charge on any atom is -0.336 e. The van der Waals surface area contributed by atoms with Gasteiger partial charge in [-0.25, -0.2) is 4.39 Å². The highest BCUT2D eigenvalue weighted by atomic mass is 19.1. The third-order valence-corrected chi connectivity index (χ3v) is 3.23. The number of likely N-dealkylation sites (N-methyl/N-ethyl adjacent to an activating group) is 2. The minimum atomic E-state index is -0.864. The quantitative estimate of drug-likeness (QED) is 0.733. The summed E-state index contributed by atoms with van der Waals surface area (Å²) in [6.07, 6.45) is 1.03. The second kappa shape index (κ2) is 6.18. The molecule has 0 bridgehead atoms. The number of rotatable bonds is 4. The van der Waals surface area contributed by atoms with E-state index in [1.54, 1.807) is 4.90 Å². The van der Waals surface area contributed by atoms with Crippen molar-refractivity contribution >= 4 is 5.91 Å². The first-order valence-electron chi connectivity index (χ1n) is 6.22. The van der Waals surface area contributed by atoms with Crippen LogP contribution in [0.3, 0.4) is 0 Å². The van der Waals surface area contributed by atoms with Crippen LogP contribution in [0.2, 0.25) is 0 Å². The molecule has 0 radical (unpaired) electrons. The Morgan fingerprint density at radius 3 is 2.75 bits per heavy atom. The fourth-order valence-electron chi connectivity index (χ4n) is 2.31. The Morgan fingerprint density at radius 1 is 1.50 bits per heavy atom. The number of alkyl halides is 1. The van der Waals surface area contributed by atoms with E-state index in [4.69, 9.17) is 0 Å². The van der Waals surface area contributed by atoms with E-state index in [0.717, 1.165) is 13.0 Å². The van der Waals surface area contributed by atoms with E-state index < -0.39 is 6.17 Å². The van der Waals surface area contributed by atoms with Gasteiger partial charge in [0.1, 0.15) is 6.17 Å². The third-order valence-electron chi connectivity index (χ3n) is 3.23. The van der Waals surface area contributed by atoms with Crippen molar-refractivity contribution in [2.75, 3.05) is 26.7 Å². The summed E-state index contributed by atoms with van der Waals surface area (Å²) in [4.78, 5) is 15.7. The van der Waals surface area contributed by atoms with Gasteiger partial charge < -0.3 is 9.80 Å². The van der Waals surface area contributed by atoms with Gasteiger partial charge in [-0.1, -0.05) is 6.92 Å². The predicted molar refractivity (Wildman–Crippen MR) is 63.1 cm³/mol. The Bertz CT molecular complexity index is 235. The molecule has 0 N–H and O–H groups in total. The van der Waals surface area contributed by atoms with Gasteiger partial charge in [-0.15, -0.1) is 0 Å². The molecule has 2 atom stereocenters. The lowest BCUT2D eigenvalue weighted by atomic mass is 10.0. The first kappa shape index (κ1) is 13.4. The first-order chi connectivity index (χ1) is 7.60. The van der Waals surface area contributed by atoms with Gasteiger partial charge in [-0.05, 0) is 26.8 Å². The van der Waals surface area contributed by atoms with Crippen molar-refractivity contribution in [1.82, 2.24) is 9.80 Å². The number of hydrogen-bond acceptors (Lipinski definition) is 2. The highest BCUT2D eigenvalue weighted by Gasteiger charge is 2.33. The maximum absolute atomic E-state index is 13.8. The van der Waals surface area contributed by atoms with Gasteiger partial charge in [-0.2, -0.15) is 0 Å². The summed E-state index contributed by atoms with van der Waals surface area (Å²) in [5.74, 6) is 0.0907. The van der Waals surface area contributed by atoms with Gasteiger partial charge in [0.2, 0.25) is 5.91 Å². The molecule has 0 spiro atoms. The molecule has 1 aliphatic rings. The molecule has 1 fully saturated rings. The SMILES string of the molecule is CCCC(=O)N(CC)C1CN(C)CCC1F. The van der Waals surface area contributed by atoms with Crippen molar-refractivity contribution < 1.29 is 9.18 Å². The summed E-state index contributed by atoms with van der Waals surface area (Å²) in [7, 11) is 1.98. The number of hydrogen-bond donors (Lipinski definition) is 0. The van der Waals surface area contributed by atoms with Crippen molar-refractivity contribution in [3.8, 4) is 0 Å². The lowest BCUT2D eigenvalue weighted by Crippen LogP contribution is -2.54. The van der Waals surface area contributed by atoms with E-state index in [-0.39, 0.29) is 11.9 Å². The van der Waals surface area contributed by atoms with Crippen LogP contribution >= 0.6 is 0 Å². The number of piperidine rings is 1. The molecule has 0 aromatic rings. The summed E-state index contributed by atoms with van der Waals surface area (Å²) in [6, 6.07) is -0.247. The average Bonchev–Trinajstić information content (AvgIpc) is 2.24. The number of likely N-dealkylation sites (tertiary alicyclic amines) is 1. The van der Waals surface area contributed by atoms with Gasteiger partial charge in [0.15, 0.2) is 0 Å². The lowest BCUT2D eigenvalue weighted by Gasteiger charge is -2.39. The number of carbonyl (C=O) groups is 1. The Kier molecular flexibility index (Phi) is 5.19. The molecule has 1 saturated heterocycles. The Labute approximate surface area is 97.6 Å². The van der Waals surface area contributed by atoms with Crippen LogP contribution in [-0.2, 0) is 4.79 Å². The van der Waals surface area contributed by atoms with Crippen LogP contribution in [0.1, 0.15) is 33.1 Å². The average molecular weight is 230 g/mol. The Morgan fingerprint density at radius 2 is 2.19 bits per heavy atom. The van der Waals surface area contributed by atoms with E-state index in [2.05, 4.69) is 4.90 Å². The van der Waals surface area contributed by atoms with E-state index in [9.17, 15) is 9.18 Å². The standard InChI is InChI=1S/C12H23FN2O/c1-4-6-12(16)15(5-2)11-9-14(3)8-7-10(11)13/h10-11H,4-9H2,1-3H3. The molecule has 1 amide bonds. The molecular weight excluding hydrogens is 207 g/mol. The van der Waals surface area contributed by atoms with Crippen molar-refractivity contribution in [3.05, 3.63) is 0 Å². The van der Waals surface area contributed by atoms with E-state index in [1.165, 1.54) is 0 Å². The van der Waals surface area contributed by atoms with Crippen LogP contribution in [0.4, 0.5) is 4.39 Å². The third kappa shape index (κ3) is 3.17. The van der Waals surface area contributed by atoms with Gasteiger partial charge in [0.05, 0.1) is 6.04 Å². The topological polar surface area (TPSA) is 23.6 Å². The zero-order valence-electron chi connectivity index (χ0n) is 10.6. The minimum absolute atomic E-state index is 0.0907. The van der Waals surface area contributed by atoms with Crippen molar-refractivity contribution in [1.29, 1.82) is 0 Å². The zero-order chi connectivity index (χ0) is 12.1. The maximum atomic E-state index is 13.8. The molecule has 4 heteroatoms. The first-order valence-corrected chi connectivity index (χ1v) is 6.22. The highest BCUT2D eigenvalue weighted by molar-refractivity contribution is 5.76. The number of amides is 1. The summed E-state index contributed by atoms with van der Waals surface area (Å²) in [5.41, 5.74) is 0. The normalized spacial score (nSPS) is 26.8. The van der Waals surface area contributed by atoms with Crippen molar-refractivity contribution in [3.63, 3.8) is 0 Å². The summed E-state index contributed by atoms with van der Waals surface area (Å²) in [6.45, 7) is 5.96. The number of nitrogens with zero attached hydrogens (tertiary/aromatic N) is 2.